The molecule has 2 atom stereocenters. The Balaban J connectivity index is 1.78. The SMILES string of the molecule is N#Cc1cc(N2CCC3CCCCC3C2)ccc1N. The van der Waals surface area contributed by atoms with Gasteiger partial charge in [-0.25, -0.2) is 0 Å². The number of nitrogen functional groups attached to an aromatic ring is 1. The first-order valence-electron chi connectivity index (χ1n) is 7.32. The van der Waals surface area contributed by atoms with Crippen molar-refractivity contribution >= 4 is 11.4 Å². The third-order valence-electron chi connectivity index (χ3n) is 4.81. The van der Waals surface area contributed by atoms with Gasteiger partial charge in [-0.2, -0.15) is 5.26 Å². The number of nitriles is 1. The van der Waals surface area contributed by atoms with Gasteiger partial charge in [0.05, 0.1) is 5.56 Å². The number of hydrogen-bond acceptors (Lipinski definition) is 3. The topological polar surface area (TPSA) is 53.0 Å². The van der Waals surface area contributed by atoms with E-state index in [4.69, 9.17) is 11.0 Å². The van der Waals surface area contributed by atoms with E-state index in [0.29, 0.717) is 11.3 Å². The Morgan fingerprint density at radius 1 is 1.16 bits per heavy atom. The van der Waals surface area contributed by atoms with Gasteiger partial charge < -0.3 is 10.6 Å². The minimum atomic E-state index is 0.582. The maximum atomic E-state index is 9.08. The number of piperidine rings is 1. The summed E-state index contributed by atoms with van der Waals surface area (Å²) in [5.74, 6) is 1.79. The van der Waals surface area contributed by atoms with E-state index in [-0.39, 0.29) is 0 Å². The molecule has 19 heavy (non-hydrogen) atoms. The summed E-state index contributed by atoms with van der Waals surface area (Å²) in [4.78, 5) is 2.44. The van der Waals surface area contributed by atoms with E-state index in [1.807, 2.05) is 12.1 Å². The van der Waals surface area contributed by atoms with Gasteiger partial charge in [0.2, 0.25) is 0 Å². The van der Waals surface area contributed by atoms with Crippen molar-refractivity contribution in [1.82, 2.24) is 0 Å². The standard InChI is InChI=1S/C16H21N3/c17-10-14-9-15(5-6-16(14)18)19-8-7-12-3-1-2-4-13(12)11-19/h5-6,9,12-13H,1-4,7-8,11,18H2. The van der Waals surface area contributed by atoms with Crippen LogP contribution in [0.2, 0.25) is 0 Å². The molecule has 0 spiro atoms. The second-order valence-corrected chi connectivity index (χ2v) is 5.92. The van der Waals surface area contributed by atoms with E-state index in [9.17, 15) is 0 Å². The number of anilines is 2. The fourth-order valence-corrected chi connectivity index (χ4v) is 3.67. The summed E-state index contributed by atoms with van der Waals surface area (Å²) in [6, 6.07) is 8.04. The zero-order valence-corrected chi connectivity index (χ0v) is 11.3. The van der Waals surface area contributed by atoms with Gasteiger partial charge in [-0.05, 0) is 42.9 Å². The highest BCUT2D eigenvalue weighted by Crippen LogP contribution is 2.37. The van der Waals surface area contributed by atoms with Crippen molar-refractivity contribution in [2.45, 2.75) is 32.1 Å². The molecule has 1 saturated heterocycles. The molecule has 100 valence electrons. The number of nitrogens with two attached hydrogens (primary N) is 1. The van der Waals surface area contributed by atoms with Gasteiger partial charge in [0.1, 0.15) is 6.07 Å². The maximum Gasteiger partial charge on any atom is 0.101 e. The van der Waals surface area contributed by atoms with Crippen LogP contribution in [0.4, 0.5) is 11.4 Å². The van der Waals surface area contributed by atoms with Crippen LogP contribution >= 0.6 is 0 Å². The first-order valence-corrected chi connectivity index (χ1v) is 7.32. The molecule has 1 aliphatic carbocycles. The van der Waals surface area contributed by atoms with E-state index in [1.165, 1.54) is 32.1 Å². The molecule has 3 nitrogen and oxygen atoms in total. The summed E-state index contributed by atoms with van der Waals surface area (Å²) < 4.78 is 0. The molecule has 1 saturated carbocycles. The fraction of sp³-hybridized carbons (Fsp3) is 0.562. The van der Waals surface area contributed by atoms with Crippen molar-refractivity contribution < 1.29 is 0 Å². The Kier molecular flexibility index (Phi) is 3.33. The average Bonchev–Trinajstić information content (AvgIpc) is 2.47. The molecule has 1 aromatic carbocycles. The zero-order valence-electron chi connectivity index (χ0n) is 11.3. The van der Waals surface area contributed by atoms with Crippen molar-refractivity contribution in [3.63, 3.8) is 0 Å². The van der Waals surface area contributed by atoms with Crippen LogP contribution in [0.15, 0.2) is 18.2 Å². The predicted molar refractivity (Wildman–Crippen MR) is 77.8 cm³/mol. The number of benzene rings is 1. The highest BCUT2D eigenvalue weighted by atomic mass is 15.1. The average molecular weight is 255 g/mol. The molecule has 2 unspecified atom stereocenters. The molecular weight excluding hydrogens is 234 g/mol. The molecule has 0 bridgehead atoms. The summed E-state index contributed by atoms with van der Waals surface area (Å²) in [7, 11) is 0. The van der Waals surface area contributed by atoms with E-state index in [2.05, 4.69) is 17.0 Å². The van der Waals surface area contributed by atoms with Crippen LogP contribution in [-0.2, 0) is 0 Å². The normalized spacial score (nSPS) is 26.6. The minimum Gasteiger partial charge on any atom is -0.398 e. The third kappa shape index (κ3) is 2.40. The van der Waals surface area contributed by atoms with Gasteiger partial charge >= 0.3 is 0 Å². The highest BCUT2D eigenvalue weighted by molar-refractivity contribution is 5.62. The second-order valence-electron chi connectivity index (χ2n) is 5.92. The van der Waals surface area contributed by atoms with Crippen LogP contribution in [0.1, 0.15) is 37.7 Å². The minimum absolute atomic E-state index is 0.582. The Hall–Kier alpha value is -1.69. The molecule has 2 N–H and O–H groups in total. The smallest absolute Gasteiger partial charge is 0.101 e. The van der Waals surface area contributed by atoms with E-state index in [1.54, 1.807) is 0 Å². The maximum absolute atomic E-state index is 9.08. The van der Waals surface area contributed by atoms with Gasteiger partial charge in [-0.15, -0.1) is 0 Å². The van der Waals surface area contributed by atoms with Crippen LogP contribution in [-0.4, -0.2) is 13.1 Å². The highest BCUT2D eigenvalue weighted by Gasteiger charge is 2.31. The predicted octanol–water partition coefficient (Wildman–Crippen LogP) is 3.16. The molecule has 0 amide bonds. The summed E-state index contributed by atoms with van der Waals surface area (Å²) >= 11 is 0. The molecule has 1 aromatic rings. The fourth-order valence-electron chi connectivity index (χ4n) is 3.67. The lowest BCUT2D eigenvalue weighted by Gasteiger charge is -2.42. The van der Waals surface area contributed by atoms with Crippen LogP contribution < -0.4 is 10.6 Å². The molecule has 3 heteroatoms. The number of nitrogens with zero attached hydrogens (tertiary/aromatic N) is 2. The number of rotatable bonds is 1. The monoisotopic (exact) mass is 255 g/mol. The van der Waals surface area contributed by atoms with Gasteiger partial charge in [0, 0.05) is 24.5 Å². The van der Waals surface area contributed by atoms with E-state index < -0.39 is 0 Å². The van der Waals surface area contributed by atoms with Crippen LogP contribution in [0.25, 0.3) is 0 Å². The Morgan fingerprint density at radius 3 is 2.74 bits per heavy atom. The Labute approximate surface area is 115 Å². The number of hydrogen-bond donors (Lipinski definition) is 1. The molecular formula is C16H21N3. The molecule has 1 heterocycles. The van der Waals surface area contributed by atoms with Crippen molar-refractivity contribution in [2.24, 2.45) is 11.8 Å². The van der Waals surface area contributed by atoms with Crippen molar-refractivity contribution in [2.75, 3.05) is 23.7 Å². The van der Waals surface area contributed by atoms with Crippen molar-refractivity contribution in [3.8, 4) is 6.07 Å². The molecule has 0 aromatic heterocycles. The first-order chi connectivity index (χ1) is 9.28. The van der Waals surface area contributed by atoms with E-state index in [0.717, 1.165) is 30.6 Å². The first kappa shape index (κ1) is 12.3. The Bertz CT molecular complexity index is 503. The van der Waals surface area contributed by atoms with Gasteiger partial charge in [-0.1, -0.05) is 19.3 Å². The van der Waals surface area contributed by atoms with Crippen LogP contribution in [0, 0.1) is 23.2 Å². The molecule has 3 rings (SSSR count). The van der Waals surface area contributed by atoms with Gasteiger partial charge in [-0.3, -0.25) is 0 Å². The summed E-state index contributed by atoms with van der Waals surface area (Å²) in [5.41, 5.74) is 8.14. The lowest BCUT2D eigenvalue weighted by atomic mass is 9.75. The summed E-state index contributed by atoms with van der Waals surface area (Å²) in [5, 5.41) is 9.08. The molecule has 2 fully saturated rings. The second kappa shape index (κ2) is 5.13. The quantitative estimate of drug-likeness (QED) is 0.784. The van der Waals surface area contributed by atoms with Crippen molar-refractivity contribution in [3.05, 3.63) is 23.8 Å². The Morgan fingerprint density at radius 2 is 1.95 bits per heavy atom. The van der Waals surface area contributed by atoms with Gasteiger partial charge in [0.25, 0.3) is 0 Å². The number of fused-ring (bicyclic) bond motifs is 1. The lowest BCUT2D eigenvalue weighted by molar-refractivity contribution is 0.202. The summed E-state index contributed by atoms with van der Waals surface area (Å²) in [6.45, 7) is 2.27. The van der Waals surface area contributed by atoms with E-state index >= 15 is 0 Å². The van der Waals surface area contributed by atoms with Gasteiger partial charge in [0.15, 0.2) is 0 Å². The molecule has 0 radical (unpaired) electrons. The van der Waals surface area contributed by atoms with Crippen LogP contribution in [0.5, 0.6) is 0 Å². The zero-order chi connectivity index (χ0) is 13.2. The summed E-state index contributed by atoms with van der Waals surface area (Å²) in [6.07, 6.45) is 6.91. The van der Waals surface area contributed by atoms with Crippen LogP contribution in [0.3, 0.4) is 0 Å². The van der Waals surface area contributed by atoms with Crippen molar-refractivity contribution in [1.29, 1.82) is 5.26 Å². The largest absolute Gasteiger partial charge is 0.398 e. The molecule has 2 aliphatic rings. The lowest BCUT2D eigenvalue weighted by Crippen LogP contribution is -2.41. The molecule has 1 aliphatic heterocycles. The third-order valence-corrected chi connectivity index (χ3v) is 4.81.